The predicted octanol–water partition coefficient (Wildman–Crippen LogP) is 1.34. The van der Waals surface area contributed by atoms with Crippen LogP contribution in [0.15, 0.2) is 12.2 Å². The van der Waals surface area contributed by atoms with Crippen LogP contribution in [0.4, 0.5) is 4.79 Å². The molecule has 0 aliphatic carbocycles. The van der Waals surface area contributed by atoms with Crippen molar-refractivity contribution in [3.05, 3.63) is 12.2 Å². The summed E-state index contributed by atoms with van der Waals surface area (Å²) in [5, 5.41) is 8.72. The fourth-order valence-corrected chi connectivity index (χ4v) is 1.30. The minimum absolute atomic E-state index is 0.0846. The Morgan fingerprint density at radius 1 is 1.21 bits per heavy atom. The van der Waals surface area contributed by atoms with E-state index in [0.717, 1.165) is 0 Å². The van der Waals surface area contributed by atoms with E-state index in [9.17, 15) is 9.59 Å². The van der Waals surface area contributed by atoms with Crippen LogP contribution in [0.2, 0.25) is 0 Å². The van der Waals surface area contributed by atoms with Gasteiger partial charge in [0.05, 0.1) is 13.2 Å². The number of carbonyl (C=O) groups excluding carboxylic acids is 2. The first kappa shape index (κ1) is 17.4. The second-order valence-corrected chi connectivity index (χ2v) is 4.03. The second kappa shape index (κ2) is 10.4. The third-order valence-electron chi connectivity index (χ3n) is 2.30. The monoisotopic (exact) mass is 273 g/mol. The van der Waals surface area contributed by atoms with E-state index in [0.29, 0.717) is 31.6 Å². The molecule has 0 spiro atoms. The van der Waals surface area contributed by atoms with Crippen LogP contribution in [-0.4, -0.2) is 55.0 Å². The zero-order valence-corrected chi connectivity index (χ0v) is 11.7. The van der Waals surface area contributed by atoms with Gasteiger partial charge in [0, 0.05) is 18.7 Å². The van der Waals surface area contributed by atoms with Crippen LogP contribution in [0.1, 0.15) is 26.7 Å². The second-order valence-electron chi connectivity index (χ2n) is 4.03. The van der Waals surface area contributed by atoms with Crippen molar-refractivity contribution in [1.82, 2.24) is 4.90 Å². The number of carbonyl (C=O) groups is 2. The highest BCUT2D eigenvalue weighted by molar-refractivity contribution is 5.86. The molecule has 0 aromatic rings. The lowest BCUT2D eigenvalue weighted by Crippen LogP contribution is -2.36. The topological polar surface area (TPSA) is 76.1 Å². The molecule has 6 nitrogen and oxygen atoms in total. The van der Waals surface area contributed by atoms with Gasteiger partial charge in [0.1, 0.15) is 6.61 Å². The van der Waals surface area contributed by atoms with E-state index in [-0.39, 0.29) is 19.8 Å². The normalized spacial score (nSPS) is 9.84. The number of aliphatic hydroxyl groups is 1. The predicted molar refractivity (Wildman–Crippen MR) is 70.7 cm³/mol. The third-order valence-corrected chi connectivity index (χ3v) is 2.30. The molecule has 0 saturated carbocycles. The van der Waals surface area contributed by atoms with Gasteiger partial charge in [-0.25, -0.2) is 9.59 Å². The lowest BCUT2D eigenvalue weighted by Gasteiger charge is -2.21. The maximum atomic E-state index is 11.6. The average molecular weight is 273 g/mol. The summed E-state index contributed by atoms with van der Waals surface area (Å²) in [6, 6.07) is 0. The van der Waals surface area contributed by atoms with Gasteiger partial charge >= 0.3 is 12.1 Å². The number of nitrogens with zero attached hydrogens (tertiary/aromatic N) is 1. The number of esters is 1. The maximum absolute atomic E-state index is 11.6. The Hall–Kier alpha value is -1.56. The Morgan fingerprint density at radius 2 is 1.89 bits per heavy atom. The van der Waals surface area contributed by atoms with Crippen LogP contribution in [-0.2, 0) is 14.3 Å². The molecule has 1 N–H and O–H groups in total. The lowest BCUT2D eigenvalue weighted by atomic mass is 10.3. The van der Waals surface area contributed by atoms with Gasteiger partial charge in [-0.3, -0.25) is 0 Å². The molecule has 0 radical (unpaired) electrons. The van der Waals surface area contributed by atoms with Crippen molar-refractivity contribution in [3.63, 3.8) is 0 Å². The number of rotatable bonds is 9. The minimum atomic E-state index is -0.473. The molecule has 0 atom stereocenters. The summed E-state index contributed by atoms with van der Waals surface area (Å²) in [4.78, 5) is 24.3. The van der Waals surface area contributed by atoms with E-state index in [4.69, 9.17) is 14.6 Å². The van der Waals surface area contributed by atoms with Crippen LogP contribution in [0, 0.1) is 0 Å². The summed E-state index contributed by atoms with van der Waals surface area (Å²) in [5.74, 6) is -0.473. The SMILES string of the molecule is C=C(C)C(=O)OCCN(CCCCO)C(=O)OCC. The van der Waals surface area contributed by atoms with Crippen LogP contribution in [0.3, 0.4) is 0 Å². The summed E-state index contributed by atoms with van der Waals surface area (Å²) in [6.07, 6.45) is 0.845. The van der Waals surface area contributed by atoms with Crippen molar-refractivity contribution in [2.24, 2.45) is 0 Å². The van der Waals surface area contributed by atoms with Gasteiger partial charge in [-0.2, -0.15) is 0 Å². The van der Waals surface area contributed by atoms with Crippen molar-refractivity contribution < 1.29 is 24.2 Å². The highest BCUT2D eigenvalue weighted by Crippen LogP contribution is 2.00. The van der Waals surface area contributed by atoms with Crippen LogP contribution >= 0.6 is 0 Å². The lowest BCUT2D eigenvalue weighted by molar-refractivity contribution is -0.139. The molecule has 0 rings (SSSR count). The van der Waals surface area contributed by atoms with Crippen molar-refractivity contribution in [3.8, 4) is 0 Å². The van der Waals surface area contributed by atoms with E-state index < -0.39 is 12.1 Å². The number of ether oxygens (including phenoxy) is 2. The van der Waals surface area contributed by atoms with Crippen LogP contribution in [0.25, 0.3) is 0 Å². The summed E-state index contributed by atoms with van der Waals surface area (Å²) in [6.45, 7) is 7.97. The molecule has 0 aromatic heterocycles. The largest absolute Gasteiger partial charge is 0.460 e. The smallest absolute Gasteiger partial charge is 0.409 e. The third kappa shape index (κ3) is 8.20. The Morgan fingerprint density at radius 3 is 2.42 bits per heavy atom. The fraction of sp³-hybridized carbons (Fsp3) is 0.692. The Labute approximate surface area is 114 Å². The van der Waals surface area contributed by atoms with E-state index in [1.807, 2.05) is 0 Å². The molecule has 0 aromatic carbocycles. The average Bonchev–Trinajstić information content (AvgIpc) is 2.37. The van der Waals surface area contributed by atoms with Gasteiger partial charge < -0.3 is 19.5 Å². The first-order valence-electron chi connectivity index (χ1n) is 6.38. The van der Waals surface area contributed by atoms with Gasteiger partial charge in [0.2, 0.25) is 0 Å². The number of amides is 1. The van der Waals surface area contributed by atoms with Gasteiger partial charge in [0.25, 0.3) is 0 Å². The molecule has 0 fully saturated rings. The van der Waals surface area contributed by atoms with E-state index in [2.05, 4.69) is 6.58 Å². The molecule has 0 aliphatic heterocycles. The summed E-state index contributed by atoms with van der Waals surface area (Å²) < 4.78 is 9.84. The minimum Gasteiger partial charge on any atom is -0.460 e. The number of hydrogen-bond donors (Lipinski definition) is 1. The molecular formula is C13H23NO5. The van der Waals surface area contributed by atoms with Crippen molar-refractivity contribution in [1.29, 1.82) is 0 Å². The van der Waals surface area contributed by atoms with Crippen molar-refractivity contribution in [2.75, 3.05) is 32.9 Å². The van der Waals surface area contributed by atoms with Gasteiger partial charge in [0.15, 0.2) is 0 Å². The first-order valence-corrected chi connectivity index (χ1v) is 6.38. The Bertz CT molecular complexity index is 303. The van der Waals surface area contributed by atoms with Gasteiger partial charge in [-0.15, -0.1) is 0 Å². The number of hydrogen-bond acceptors (Lipinski definition) is 5. The molecule has 0 unspecified atom stereocenters. The van der Waals surface area contributed by atoms with Crippen molar-refractivity contribution in [2.45, 2.75) is 26.7 Å². The molecule has 19 heavy (non-hydrogen) atoms. The van der Waals surface area contributed by atoms with Crippen LogP contribution < -0.4 is 0 Å². The van der Waals surface area contributed by atoms with Crippen LogP contribution in [0.5, 0.6) is 0 Å². The Balaban J connectivity index is 4.14. The number of unbranched alkanes of at least 4 members (excludes halogenated alkanes) is 1. The van der Waals surface area contributed by atoms with E-state index in [1.165, 1.54) is 4.90 Å². The van der Waals surface area contributed by atoms with Crippen molar-refractivity contribution >= 4 is 12.1 Å². The zero-order valence-electron chi connectivity index (χ0n) is 11.7. The highest BCUT2D eigenvalue weighted by atomic mass is 16.6. The summed E-state index contributed by atoms with van der Waals surface area (Å²) >= 11 is 0. The summed E-state index contributed by atoms with van der Waals surface area (Å²) in [5.41, 5.74) is 0.322. The molecule has 0 heterocycles. The molecule has 6 heteroatoms. The Kier molecular flexibility index (Phi) is 9.52. The molecule has 0 saturated heterocycles. The van der Waals surface area contributed by atoms with Gasteiger partial charge in [-0.1, -0.05) is 6.58 Å². The molecule has 110 valence electrons. The maximum Gasteiger partial charge on any atom is 0.409 e. The zero-order chi connectivity index (χ0) is 14.7. The molecular weight excluding hydrogens is 250 g/mol. The van der Waals surface area contributed by atoms with Gasteiger partial charge in [-0.05, 0) is 26.7 Å². The van der Waals surface area contributed by atoms with E-state index in [1.54, 1.807) is 13.8 Å². The molecule has 0 aliphatic rings. The highest BCUT2D eigenvalue weighted by Gasteiger charge is 2.14. The summed E-state index contributed by atoms with van der Waals surface area (Å²) in [7, 11) is 0. The standard InChI is InChI=1S/C13H23NO5/c1-4-18-13(17)14(7-5-6-9-15)8-10-19-12(16)11(2)3/h15H,2,4-10H2,1,3H3. The molecule has 1 amide bonds. The number of aliphatic hydroxyl groups excluding tert-OH is 1. The molecule has 0 bridgehead atoms. The quantitative estimate of drug-likeness (QED) is 0.390. The first-order chi connectivity index (χ1) is 9.02. The fourth-order valence-electron chi connectivity index (χ4n) is 1.30. The van der Waals surface area contributed by atoms with E-state index >= 15 is 0 Å².